The van der Waals surface area contributed by atoms with Crippen LogP contribution in [0.25, 0.3) is 43.8 Å². The summed E-state index contributed by atoms with van der Waals surface area (Å²) < 4.78 is 0. The fourth-order valence-corrected chi connectivity index (χ4v) is 6.26. The number of nitrogens with one attached hydrogen (secondary N) is 1. The zero-order chi connectivity index (χ0) is 30.7. The van der Waals surface area contributed by atoms with Crippen molar-refractivity contribution >= 4 is 50.0 Å². The van der Waals surface area contributed by atoms with E-state index in [1.54, 1.807) is 0 Å². The summed E-state index contributed by atoms with van der Waals surface area (Å²) in [6.07, 6.45) is 0. The number of anilines is 5. The summed E-state index contributed by atoms with van der Waals surface area (Å²) in [5, 5.41) is 8.51. The predicted molar refractivity (Wildman–Crippen MR) is 197 cm³/mol. The van der Waals surface area contributed by atoms with E-state index in [-0.39, 0.29) is 0 Å². The lowest BCUT2D eigenvalue weighted by atomic mass is 10.0. The Kier molecular flexibility index (Phi) is 7.22. The van der Waals surface area contributed by atoms with Gasteiger partial charge in [-0.05, 0) is 93.0 Å². The van der Waals surface area contributed by atoms with Crippen molar-refractivity contribution in [3.63, 3.8) is 0 Å². The number of nitrogens with zero attached hydrogens (tertiary/aromatic N) is 1. The van der Waals surface area contributed by atoms with Gasteiger partial charge in [-0.2, -0.15) is 0 Å². The highest BCUT2D eigenvalue weighted by Crippen LogP contribution is 2.39. The van der Waals surface area contributed by atoms with Gasteiger partial charge in [-0.15, -0.1) is 0 Å². The molecule has 0 fully saturated rings. The van der Waals surface area contributed by atoms with Crippen LogP contribution in [-0.2, 0) is 0 Å². The van der Waals surface area contributed by atoms with Crippen molar-refractivity contribution in [1.82, 2.24) is 0 Å². The minimum absolute atomic E-state index is 1.07. The number of benzene rings is 8. The van der Waals surface area contributed by atoms with Gasteiger partial charge in [-0.1, -0.05) is 133 Å². The summed E-state index contributed by atoms with van der Waals surface area (Å²) in [6.45, 7) is 0. The lowest BCUT2D eigenvalue weighted by molar-refractivity contribution is 1.29. The highest BCUT2D eigenvalue weighted by Gasteiger charge is 2.14. The van der Waals surface area contributed by atoms with Crippen LogP contribution in [0.1, 0.15) is 0 Å². The van der Waals surface area contributed by atoms with Crippen LogP contribution in [0, 0.1) is 0 Å². The molecule has 8 aromatic rings. The summed E-state index contributed by atoms with van der Waals surface area (Å²) in [7, 11) is 0. The Labute approximate surface area is 269 Å². The van der Waals surface area contributed by atoms with E-state index >= 15 is 0 Å². The molecule has 0 radical (unpaired) electrons. The SMILES string of the molecule is c1ccc(-c2cccc(N(c3ccc(-c4ccc(Nc5cccc6ccccc56)cc4)cc3)c3ccc4ccccc4c3)c2)cc1. The first-order valence-corrected chi connectivity index (χ1v) is 15.7. The Balaban J connectivity index is 1.12. The fraction of sp³-hybridized carbons (Fsp3) is 0. The van der Waals surface area contributed by atoms with E-state index in [4.69, 9.17) is 0 Å². The standard InChI is InChI=1S/C44H32N2/c1-2-10-32(11-3-1)38-16-8-17-41(30-38)46(42-29-24-33-12-4-5-14-37(33)31-42)40-27-22-35(23-28-40)34-20-25-39(26-21-34)45-44-19-9-15-36-13-6-7-18-43(36)44/h1-31,45H. The van der Waals surface area contributed by atoms with Crippen LogP contribution in [0.3, 0.4) is 0 Å². The third-order valence-corrected chi connectivity index (χ3v) is 8.62. The monoisotopic (exact) mass is 588 g/mol. The molecule has 8 rings (SSSR count). The molecule has 0 heterocycles. The minimum Gasteiger partial charge on any atom is -0.355 e. The largest absolute Gasteiger partial charge is 0.355 e. The Hall–Kier alpha value is -6.12. The Morgan fingerprint density at radius 2 is 0.891 bits per heavy atom. The van der Waals surface area contributed by atoms with Crippen LogP contribution in [0.4, 0.5) is 28.4 Å². The van der Waals surface area contributed by atoms with Gasteiger partial charge in [-0.3, -0.25) is 0 Å². The maximum absolute atomic E-state index is 3.61. The second-order valence-electron chi connectivity index (χ2n) is 11.6. The average molecular weight is 589 g/mol. The van der Waals surface area contributed by atoms with Crippen LogP contribution in [0.2, 0.25) is 0 Å². The van der Waals surface area contributed by atoms with E-state index in [1.807, 2.05) is 0 Å². The lowest BCUT2D eigenvalue weighted by Crippen LogP contribution is -2.10. The highest BCUT2D eigenvalue weighted by molar-refractivity contribution is 5.95. The minimum atomic E-state index is 1.07. The van der Waals surface area contributed by atoms with Crippen molar-refractivity contribution in [3.05, 3.63) is 188 Å². The van der Waals surface area contributed by atoms with E-state index in [2.05, 4.69) is 198 Å². The van der Waals surface area contributed by atoms with Crippen LogP contribution in [0.15, 0.2) is 188 Å². The highest BCUT2D eigenvalue weighted by atomic mass is 15.1. The van der Waals surface area contributed by atoms with Crippen molar-refractivity contribution in [2.24, 2.45) is 0 Å². The molecular weight excluding hydrogens is 556 g/mol. The smallest absolute Gasteiger partial charge is 0.0468 e. The Morgan fingerprint density at radius 1 is 0.326 bits per heavy atom. The maximum Gasteiger partial charge on any atom is 0.0468 e. The molecule has 0 saturated carbocycles. The van der Waals surface area contributed by atoms with E-state index in [1.165, 1.54) is 43.8 Å². The van der Waals surface area contributed by atoms with Gasteiger partial charge in [0.15, 0.2) is 0 Å². The van der Waals surface area contributed by atoms with Gasteiger partial charge in [0.1, 0.15) is 0 Å². The van der Waals surface area contributed by atoms with Crippen LogP contribution in [0.5, 0.6) is 0 Å². The lowest BCUT2D eigenvalue weighted by Gasteiger charge is -2.26. The predicted octanol–water partition coefficient (Wildman–Crippen LogP) is 12.5. The third kappa shape index (κ3) is 5.49. The molecule has 46 heavy (non-hydrogen) atoms. The first kappa shape index (κ1) is 27.4. The summed E-state index contributed by atoms with van der Waals surface area (Å²) >= 11 is 0. The number of rotatable bonds is 7. The quantitative estimate of drug-likeness (QED) is 0.199. The van der Waals surface area contributed by atoms with Crippen LogP contribution >= 0.6 is 0 Å². The number of hydrogen-bond donors (Lipinski definition) is 1. The molecule has 0 unspecified atom stereocenters. The first-order chi connectivity index (χ1) is 22.8. The normalized spacial score (nSPS) is 11.0. The van der Waals surface area contributed by atoms with Crippen LogP contribution < -0.4 is 10.2 Å². The number of hydrogen-bond acceptors (Lipinski definition) is 2. The second-order valence-corrected chi connectivity index (χ2v) is 11.6. The molecule has 218 valence electrons. The molecule has 0 bridgehead atoms. The van der Waals surface area contributed by atoms with Crippen molar-refractivity contribution in [1.29, 1.82) is 0 Å². The molecule has 0 amide bonds. The molecule has 0 saturated heterocycles. The molecule has 0 aliphatic carbocycles. The molecule has 0 aliphatic rings. The van der Waals surface area contributed by atoms with Crippen LogP contribution in [-0.4, -0.2) is 0 Å². The Bertz CT molecular complexity index is 2260. The summed E-state index contributed by atoms with van der Waals surface area (Å²) in [5.41, 5.74) is 10.3. The van der Waals surface area contributed by atoms with Crippen molar-refractivity contribution in [2.45, 2.75) is 0 Å². The summed E-state index contributed by atoms with van der Waals surface area (Å²) in [6, 6.07) is 67.0. The van der Waals surface area contributed by atoms with E-state index < -0.39 is 0 Å². The third-order valence-electron chi connectivity index (χ3n) is 8.62. The number of fused-ring (bicyclic) bond motifs is 2. The molecule has 0 spiro atoms. The average Bonchev–Trinajstić information content (AvgIpc) is 3.13. The molecule has 2 heteroatoms. The molecule has 0 atom stereocenters. The molecule has 1 N–H and O–H groups in total. The van der Waals surface area contributed by atoms with Gasteiger partial charge in [-0.25, -0.2) is 0 Å². The molecule has 2 nitrogen and oxygen atoms in total. The zero-order valence-corrected chi connectivity index (χ0v) is 25.3. The van der Waals surface area contributed by atoms with E-state index in [9.17, 15) is 0 Å². The van der Waals surface area contributed by atoms with Crippen molar-refractivity contribution in [3.8, 4) is 22.3 Å². The van der Waals surface area contributed by atoms with Gasteiger partial charge in [0, 0.05) is 33.8 Å². The van der Waals surface area contributed by atoms with Crippen molar-refractivity contribution < 1.29 is 0 Å². The molecule has 0 aromatic heterocycles. The van der Waals surface area contributed by atoms with E-state index in [0.29, 0.717) is 0 Å². The molecule has 0 aliphatic heterocycles. The Morgan fingerprint density at radius 3 is 1.70 bits per heavy atom. The molecule has 8 aromatic carbocycles. The van der Waals surface area contributed by atoms with Gasteiger partial charge in [0.2, 0.25) is 0 Å². The maximum atomic E-state index is 3.61. The topological polar surface area (TPSA) is 15.3 Å². The summed E-state index contributed by atoms with van der Waals surface area (Å²) in [4.78, 5) is 2.35. The van der Waals surface area contributed by atoms with Crippen molar-refractivity contribution in [2.75, 3.05) is 10.2 Å². The van der Waals surface area contributed by atoms with Gasteiger partial charge in [0.05, 0.1) is 0 Å². The fourth-order valence-electron chi connectivity index (χ4n) is 6.26. The molecular formula is C44H32N2. The summed E-state index contributed by atoms with van der Waals surface area (Å²) in [5.74, 6) is 0. The van der Waals surface area contributed by atoms with Gasteiger partial charge in [0.25, 0.3) is 0 Å². The van der Waals surface area contributed by atoms with Gasteiger partial charge >= 0.3 is 0 Å². The zero-order valence-electron chi connectivity index (χ0n) is 25.3. The second kappa shape index (κ2) is 12.1. The first-order valence-electron chi connectivity index (χ1n) is 15.7. The van der Waals surface area contributed by atoms with E-state index in [0.717, 1.165) is 28.4 Å². The van der Waals surface area contributed by atoms with Gasteiger partial charge < -0.3 is 10.2 Å².